The van der Waals surface area contributed by atoms with Crippen LogP contribution in [-0.2, 0) is 12.3 Å². The summed E-state index contributed by atoms with van der Waals surface area (Å²) in [6, 6.07) is 5.84. The topological polar surface area (TPSA) is 36.3 Å². The minimum absolute atomic E-state index is 0.803. The second-order valence-corrected chi connectivity index (χ2v) is 4.90. The second kappa shape index (κ2) is 6.52. The molecule has 102 valence electrons. The van der Waals surface area contributed by atoms with Crippen molar-refractivity contribution in [2.24, 2.45) is 0 Å². The first-order valence-corrected chi connectivity index (χ1v) is 7.12. The van der Waals surface area contributed by atoms with Gasteiger partial charge in [-0.15, -0.1) is 0 Å². The van der Waals surface area contributed by atoms with Crippen molar-refractivity contribution >= 4 is 11.8 Å². The normalized spacial score (nSPS) is 10.5. The molecule has 0 atom stereocenters. The van der Waals surface area contributed by atoms with Gasteiger partial charge in [-0.2, -0.15) is 0 Å². The first kappa shape index (κ1) is 13.8. The van der Waals surface area contributed by atoms with Crippen molar-refractivity contribution in [2.45, 2.75) is 24.4 Å². The lowest BCUT2D eigenvalue weighted by Gasteiger charge is -2.10. The van der Waals surface area contributed by atoms with Gasteiger partial charge in [-0.1, -0.05) is 11.8 Å². The van der Waals surface area contributed by atoms with Crippen LogP contribution in [0, 0.1) is 0 Å². The number of benzene rings is 1. The van der Waals surface area contributed by atoms with Crippen LogP contribution >= 0.6 is 11.8 Å². The highest BCUT2D eigenvalue weighted by atomic mass is 32.2. The number of aromatic nitrogens is 2. The lowest BCUT2D eigenvalue weighted by molar-refractivity contribution is 0.400. The van der Waals surface area contributed by atoms with Gasteiger partial charge in [-0.25, -0.2) is 4.98 Å². The van der Waals surface area contributed by atoms with Gasteiger partial charge in [0.25, 0.3) is 0 Å². The maximum atomic E-state index is 5.38. The number of rotatable bonds is 6. The molecule has 0 aliphatic carbocycles. The molecule has 0 saturated heterocycles. The zero-order valence-corrected chi connectivity index (χ0v) is 12.2. The largest absolute Gasteiger partial charge is 0.497 e. The van der Waals surface area contributed by atoms with E-state index < -0.39 is 0 Å². The van der Waals surface area contributed by atoms with E-state index in [4.69, 9.17) is 9.47 Å². The molecule has 0 fully saturated rings. The SMILES string of the molecule is CCn1ccnc1SCc1cc(OC)ccc1OC. The van der Waals surface area contributed by atoms with E-state index >= 15 is 0 Å². The van der Waals surface area contributed by atoms with Crippen molar-refractivity contribution in [3.05, 3.63) is 36.2 Å². The predicted molar refractivity (Wildman–Crippen MR) is 77.0 cm³/mol. The van der Waals surface area contributed by atoms with E-state index in [-0.39, 0.29) is 0 Å². The summed E-state index contributed by atoms with van der Waals surface area (Å²) in [4.78, 5) is 4.35. The number of hydrogen-bond acceptors (Lipinski definition) is 4. The Bertz CT molecular complexity index is 540. The van der Waals surface area contributed by atoms with Crippen LogP contribution in [0.15, 0.2) is 35.7 Å². The molecule has 0 unspecified atom stereocenters. The van der Waals surface area contributed by atoms with E-state index in [9.17, 15) is 0 Å². The van der Waals surface area contributed by atoms with Gasteiger partial charge in [0.15, 0.2) is 5.16 Å². The van der Waals surface area contributed by atoms with Gasteiger partial charge in [0.2, 0.25) is 0 Å². The van der Waals surface area contributed by atoms with Crippen LogP contribution in [0.2, 0.25) is 0 Å². The van der Waals surface area contributed by atoms with Gasteiger partial charge < -0.3 is 14.0 Å². The van der Waals surface area contributed by atoms with Crippen LogP contribution in [0.25, 0.3) is 0 Å². The fourth-order valence-electron chi connectivity index (χ4n) is 1.81. The van der Waals surface area contributed by atoms with Crippen molar-refractivity contribution < 1.29 is 9.47 Å². The molecule has 0 spiro atoms. The van der Waals surface area contributed by atoms with Crippen LogP contribution in [0.4, 0.5) is 0 Å². The molecular formula is C14H18N2O2S. The molecule has 4 nitrogen and oxygen atoms in total. The van der Waals surface area contributed by atoms with Gasteiger partial charge in [0, 0.05) is 30.3 Å². The molecule has 0 saturated carbocycles. The van der Waals surface area contributed by atoms with E-state index in [0.717, 1.165) is 34.5 Å². The average Bonchev–Trinajstić information content (AvgIpc) is 2.92. The summed E-state index contributed by atoms with van der Waals surface area (Å²) in [5.41, 5.74) is 1.11. The van der Waals surface area contributed by atoms with Crippen molar-refractivity contribution in [1.82, 2.24) is 9.55 Å². The lowest BCUT2D eigenvalue weighted by Crippen LogP contribution is -1.96. The number of nitrogens with zero attached hydrogens (tertiary/aromatic N) is 2. The summed E-state index contributed by atoms with van der Waals surface area (Å²) >= 11 is 1.70. The Labute approximate surface area is 117 Å². The molecule has 1 heterocycles. The van der Waals surface area contributed by atoms with Crippen LogP contribution in [-0.4, -0.2) is 23.8 Å². The number of ether oxygens (including phenoxy) is 2. The van der Waals surface area contributed by atoms with Crippen LogP contribution in [0.1, 0.15) is 12.5 Å². The molecule has 0 N–H and O–H groups in total. The lowest BCUT2D eigenvalue weighted by atomic mass is 10.2. The number of aryl methyl sites for hydroxylation is 1. The number of hydrogen-bond donors (Lipinski definition) is 0. The summed E-state index contributed by atoms with van der Waals surface area (Å²) in [6.07, 6.45) is 3.82. The fourth-order valence-corrected chi connectivity index (χ4v) is 2.81. The Hall–Kier alpha value is -1.62. The second-order valence-electron chi connectivity index (χ2n) is 3.96. The monoisotopic (exact) mass is 278 g/mol. The molecule has 0 radical (unpaired) electrons. The minimum atomic E-state index is 0.803. The summed E-state index contributed by atoms with van der Waals surface area (Å²) in [5, 5.41) is 1.02. The molecular weight excluding hydrogens is 260 g/mol. The Kier molecular flexibility index (Phi) is 4.74. The Morgan fingerprint density at radius 1 is 1.26 bits per heavy atom. The summed E-state index contributed by atoms with van der Waals surface area (Å²) in [6.45, 7) is 3.04. The number of methoxy groups -OCH3 is 2. The zero-order chi connectivity index (χ0) is 13.7. The minimum Gasteiger partial charge on any atom is -0.497 e. The summed E-state index contributed by atoms with van der Waals surface area (Å²) in [5.74, 6) is 2.52. The van der Waals surface area contributed by atoms with E-state index in [1.807, 2.05) is 30.6 Å². The van der Waals surface area contributed by atoms with Gasteiger partial charge >= 0.3 is 0 Å². The molecule has 0 amide bonds. The van der Waals surface area contributed by atoms with Gasteiger partial charge in [-0.05, 0) is 25.1 Å². The highest BCUT2D eigenvalue weighted by Gasteiger charge is 2.08. The van der Waals surface area contributed by atoms with Crippen molar-refractivity contribution in [1.29, 1.82) is 0 Å². The third kappa shape index (κ3) is 3.23. The highest BCUT2D eigenvalue weighted by molar-refractivity contribution is 7.98. The van der Waals surface area contributed by atoms with Crippen molar-refractivity contribution in [3.8, 4) is 11.5 Å². The van der Waals surface area contributed by atoms with E-state index in [0.29, 0.717) is 0 Å². The van der Waals surface area contributed by atoms with E-state index in [2.05, 4.69) is 16.5 Å². The Balaban J connectivity index is 2.14. The Morgan fingerprint density at radius 2 is 2.11 bits per heavy atom. The first-order valence-electron chi connectivity index (χ1n) is 6.13. The van der Waals surface area contributed by atoms with Crippen LogP contribution in [0.5, 0.6) is 11.5 Å². The summed E-state index contributed by atoms with van der Waals surface area (Å²) in [7, 11) is 3.35. The van der Waals surface area contributed by atoms with Crippen molar-refractivity contribution in [3.63, 3.8) is 0 Å². The molecule has 2 aromatic rings. The predicted octanol–water partition coefficient (Wildman–Crippen LogP) is 3.21. The maximum Gasteiger partial charge on any atom is 0.168 e. The van der Waals surface area contributed by atoms with Crippen LogP contribution in [0.3, 0.4) is 0 Å². The van der Waals surface area contributed by atoms with Crippen LogP contribution < -0.4 is 9.47 Å². The molecule has 2 rings (SSSR count). The summed E-state index contributed by atoms with van der Waals surface area (Å²) < 4.78 is 12.7. The van der Waals surface area contributed by atoms with Gasteiger partial charge in [-0.3, -0.25) is 0 Å². The first-order chi connectivity index (χ1) is 9.28. The highest BCUT2D eigenvalue weighted by Crippen LogP contribution is 2.30. The average molecular weight is 278 g/mol. The molecule has 0 aliphatic rings. The standard InChI is InChI=1S/C14H18N2O2S/c1-4-16-8-7-15-14(16)19-10-11-9-12(17-2)5-6-13(11)18-3/h5-9H,4,10H2,1-3H3. The smallest absolute Gasteiger partial charge is 0.168 e. The molecule has 0 aliphatic heterocycles. The quantitative estimate of drug-likeness (QED) is 0.760. The molecule has 0 bridgehead atoms. The Morgan fingerprint density at radius 3 is 2.79 bits per heavy atom. The number of imidazole rings is 1. The van der Waals surface area contributed by atoms with Gasteiger partial charge in [0.05, 0.1) is 14.2 Å². The third-order valence-corrected chi connectivity index (χ3v) is 3.92. The van der Waals surface area contributed by atoms with Gasteiger partial charge in [0.1, 0.15) is 11.5 Å². The van der Waals surface area contributed by atoms with Crippen molar-refractivity contribution in [2.75, 3.05) is 14.2 Å². The van der Waals surface area contributed by atoms with E-state index in [1.54, 1.807) is 26.0 Å². The third-order valence-electron chi connectivity index (χ3n) is 2.86. The fraction of sp³-hybridized carbons (Fsp3) is 0.357. The molecule has 19 heavy (non-hydrogen) atoms. The van der Waals surface area contributed by atoms with E-state index in [1.165, 1.54) is 0 Å². The zero-order valence-electron chi connectivity index (χ0n) is 11.4. The molecule has 1 aromatic carbocycles. The molecule has 5 heteroatoms. The maximum absolute atomic E-state index is 5.38. The number of thioether (sulfide) groups is 1. The molecule has 1 aromatic heterocycles.